The van der Waals surface area contributed by atoms with Crippen LogP contribution in [0.15, 0.2) is 12.1 Å². The first kappa shape index (κ1) is 10.2. The largest absolute Gasteiger partial charge is 0.326 e. The normalized spacial score (nSPS) is 10.1. The summed E-state index contributed by atoms with van der Waals surface area (Å²) < 4.78 is 0. The topological polar surface area (TPSA) is 69.2 Å². The second-order valence-electron chi connectivity index (χ2n) is 2.36. The summed E-state index contributed by atoms with van der Waals surface area (Å²) >= 11 is 11.3. The minimum atomic E-state index is -0.537. The SMILES string of the molecule is NCc1cc(Cl)c(Cl)cc1[N+](=O)[O-]. The molecule has 0 unspecified atom stereocenters. The van der Waals surface area contributed by atoms with Crippen molar-refractivity contribution in [2.24, 2.45) is 5.73 Å². The Balaban J connectivity index is 3.33. The fourth-order valence-electron chi connectivity index (χ4n) is 0.911. The number of nitrogens with two attached hydrogens (primary N) is 1. The van der Waals surface area contributed by atoms with Gasteiger partial charge < -0.3 is 5.73 Å². The number of nitro groups is 1. The monoisotopic (exact) mass is 220 g/mol. The third kappa shape index (κ3) is 2.09. The first-order valence-electron chi connectivity index (χ1n) is 3.38. The molecule has 0 radical (unpaired) electrons. The van der Waals surface area contributed by atoms with E-state index in [0.717, 1.165) is 0 Å². The number of nitrogens with zero attached hydrogens (tertiary/aromatic N) is 1. The molecular formula is C7H6Cl2N2O2. The lowest BCUT2D eigenvalue weighted by atomic mass is 10.2. The molecule has 4 nitrogen and oxygen atoms in total. The highest BCUT2D eigenvalue weighted by Gasteiger charge is 2.15. The van der Waals surface area contributed by atoms with Gasteiger partial charge in [0.25, 0.3) is 5.69 Å². The Labute approximate surface area is 84.4 Å². The van der Waals surface area contributed by atoms with Gasteiger partial charge in [0.05, 0.1) is 15.0 Å². The smallest absolute Gasteiger partial charge is 0.275 e. The van der Waals surface area contributed by atoms with Crippen LogP contribution < -0.4 is 5.73 Å². The van der Waals surface area contributed by atoms with Crippen LogP contribution in [0.2, 0.25) is 10.0 Å². The summed E-state index contributed by atoms with van der Waals surface area (Å²) in [6.07, 6.45) is 0. The molecule has 0 saturated carbocycles. The Hall–Kier alpha value is -0.840. The standard InChI is InChI=1S/C7H6Cl2N2O2/c8-5-1-4(3-10)7(11(12)13)2-6(5)9/h1-2H,3,10H2. The zero-order valence-corrected chi connectivity index (χ0v) is 7.97. The van der Waals surface area contributed by atoms with Gasteiger partial charge in [0.2, 0.25) is 0 Å². The third-order valence-corrected chi connectivity index (χ3v) is 2.26. The number of benzene rings is 1. The molecule has 0 aromatic heterocycles. The lowest BCUT2D eigenvalue weighted by Crippen LogP contribution is -2.01. The predicted molar refractivity (Wildman–Crippen MR) is 51.0 cm³/mol. The average Bonchev–Trinajstić information content (AvgIpc) is 2.08. The van der Waals surface area contributed by atoms with Crippen LogP contribution in [0, 0.1) is 10.1 Å². The van der Waals surface area contributed by atoms with Gasteiger partial charge in [-0.15, -0.1) is 0 Å². The molecule has 0 aliphatic carbocycles. The lowest BCUT2D eigenvalue weighted by Gasteiger charge is -2.01. The van der Waals surface area contributed by atoms with Crippen molar-refractivity contribution in [3.8, 4) is 0 Å². The molecule has 6 heteroatoms. The molecule has 1 aromatic rings. The Morgan fingerprint density at radius 2 is 1.92 bits per heavy atom. The molecule has 0 heterocycles. The van der Waals surface area contributed by atoms with E-state index in [9.17, 15) is 10.1 Å². The Morgan fingerprint density at radius 1 is 1.38 bits per heavy atom. The summed E-state index contributed by atoms with van der Waals surface area (Å²) in [5.74, 6) is 0. The molecular weight excluding hydrogens is 215 g/mol. The average molecular weight is 221 g/mol. The highest BCUT2D eigenvalue weighted by atomic mass is 35.5. The minimum Gasteiger partial charge on any atom is -0.326 e. The molecule has 13 heavy (non-hydrogen) atoms. The minimum absolute atomic E-state index is 0.0627. The number of hydrogen-bond acceptors (Lipinski definition) is 3. The van der Waals surface area contributed by atoms with Gasteiger partial charge in [-0.2, -0.15) is 0 Å². The number of nitro benzene ring substituents is 1. The van der Waals surface area contributed by atoms with Gasteiger partial charge in [0.15, 0.2) is 0 Å². The maximum absolute atomic E-state index is 10.5. The number of halogens is 2. The van der Waals surface area contributed by atoms with Gasteiger partial charge in [-0.3, -0.25) is 10.1 Å². The van der Waals surface area contributed by atoms with E-state index in [4.69, 9.17) is 28.9 Å². The second kappa shape index (κ2) is 3.91. The van der Waals surface area contributed by atoms with Crippen LogP contribution in [0.1, 0.15) is 5.56 Å². The summed E-state index contributed by atoms with van der Waals surface area (Å²) in [6.45, 7) is 0.0627. The summed E-state index contributed by atoms with van der Waals surface area (Å²) in [6, 6.07) is 2.61. The van der Waals surface area contributed by atoms with Gasteiger partial charge >= 0.3 is 0 Å². The Morgan fingerprint density at radius 3 is 2.38 bits per heavy atom. The molecule has 1 aromatic carbocycles. The molecule has 0 bridgehead atoms. The van der Waals surface area contributed by atoms with E-state index in [1.807, 2.05) is 0 Å². The van der Waals surface area contributed by atoms with Gasteiger partial charge in [0.1, 0.15) is 0 Å². The van der Waals surface area contributed by atoms with E-state index in [0.29, 0.717) is 5.56 Å². The van der Waals surface area contributed by atoms with Crippen LogP contribution in [0.25, 0.3) is 0 Å². The van der Waals surface area contributed by atoms with Crippen molar-refractivity contribution in [2.75, 3.05) is 0 Å². The van der Waals surface area contributed by atoms with E-state index in [1.54, 1.807) is 0 Å². The van der Waals surface area contributed by atoms with Crippen LogP contribution in [0.3, 0.4) is 0 Å². The fourth-order valence-corrected chi connectivity index (χ4v) is 1.26. The first-order valence-corrected chi connectivity index (χ1v) is 4.14. The van der Waals surface area contributed by atoms with Crippen molar-refractivity contribution >= 4 is 28.9 Å². The highest BCUT2D eigenvalue weighted by molar-refractivity contribution is 6.42. The molecule has 70 valence electrons. The van der Waals surface area contributed by atoms with Gasteiger partial charge in [-0.05, 0) is 6.07 Å². The summed E-state index contributed by atoms with van der Waals surface area (Å²) in [5, 5.41) is 10.9. The van der Waals surface area contributed by atoms with Crippen LogP contribution in [-0.2, 0) is 6.54 Å². The first-order chi connectivity index (χ1) is 6.06. The van der Waals surface area contributed by atoms with Crippen LogP contribution >= 0.6 is 23.2 Å². The molecule has 1 rings (SSSR count). The van der Waals surface area contributed by atoms with Crippen molar-refractivity contribution in [1.29, 1.82) is 0 Å². The van der Waals surface area contributed by atoms with Crippen molar-refractivity contribution in [3.05, 3.63) is 37.9 Å². The quantitative estimate of drug-likeness (QED) is 0.615. The molecule has 0 saturated heterocycles. The van der Waals surface area contributed by atoms with Crippen molar-refractivity contribution in [1.82, 2.24) is 0 Å². The van der Waals surface area contributed by atoms with Crippen molar-refractivity contribution in [2.45, 2.75) is 6.54 Å². The van der Waals surface area contributed by atoms with Crippen LogP contribution in [-0.4, -0.2) is 4.92 Å². The van der Waals surface area contributed by atoms with Gasteiger partial charge in [-0.1, -0.05) is 23.2 Å². The third-order valence-electron chi connectivity index (χ3n) is 1.54. The summed E-state index contributed by atoms with van der Waals surface area (Å²) in [5.41, 5.74) is 5.58. The van der Waals surface area contributed by atoms with E-state index in [2.05, 4.69) is 0 Å². The molecule has 0 amide bonds. The van der Waals surface area contributed by atoms with Crippen LogP contribution in [0.5, 0.6) is 0 Å². The second-order valence-corrected chi connectivity index (χ2v) is 3.17. The van der Waals surface area contributed by atoms with E-state index in [-0.39, 0.29) is 22.3 Å². The molecule has 0 atom stereocenters. The molecule has 0 aliphatic rings. The maximum Gasteiger partial charge on any atom is 0.275 e. The Kier molecular flexibility index (Phi) is 3.08. The lowest BCUT2D eigenvalue weighted by molar-refractivity contribution is -0.385. The maximum atomic E-state index is 10.5. The Bertz CT molecular complexity index is 355. The predicted octanol–water partition coefficient (Wildman–Crippen LogP) is 2.36. The number of rotatable bonds is 2. The van der Waals surface area contributed by atoms with Gasteiger partial charge in [0, 0.05) is 18.2 Å². The summed E-state index contributed by atoms with van der Waals surface area (Å²) in [7, 11) is 0. The summed E-state index contributed by atoms with van der Waals surface area (Å²) in [4.78, 5) is 9.96. The zero-order valence-electron chi connectivity index (χ0n) is 6.46. The van der Waals surface area contributed by atoms with Crippen molar-refractivity contribution in [3.63, 3.8) is 0 Å². The van der Waals surface area contributed by atoms with Crippen LogP contribution in [0.4, 0.5) is 5.69 Å². The molecule has 0 fully saturated rings. The molecule has 0 aliphatic heterocycles. The van der Waals surface area contributed by atoms with Gasteiger partial charge in [-0.25, -0.2) is 0 Å². The van der Waals surface area contributed by atoms with Crippen molar-refractivity contribution < 1.29 is 4.92 Å². The molecule has 0 spiro atoms. The van der Waals surface area contributed by atoms with E-state index in [1.165, 1.54) is 12.1 Å². The zero-order chi connectivity index (χ0) is 10.0. The highest BCUT2D eigenvalue weighted by Crippen LogP contribution is 2.29. The fraction of sp³-hybridized carbons (Fsp3) is 0.143. The molecule has 2 N–H and O–H groups in total. The van der Waals surface area contributed by atoms with E-state index >= 15 is 0 Å². The number of hydrogen-bond donors (Lipinski definition) is 1. The van der Waals surface area contributed by atoms with E-state index < -0.39 is 4.92 Å².